The summed E-state index contributed by atoms with van der Waals surface area (Å²) < 4.78 is 59.3. The Morgan fingerprint density at radius 2 is 1.93 bits per heavy atom. The summed E-state index contributed by atoms with van der Waals surface area (Å²) in [6.07, 6.45) is -8.12. The summed E-state index contributed by atoms with van der Waals surface area (Å²) in [6.45, 7) is 3.96. The van der Waals surface area contributed by atoms with Crippen LogP contribution in [0.3, 0.4) is 0 Å². The Morgan fingerprint density at radius 3 is 2.54 bits per heavy atom. The van der Waals surface area contributed by atoms with Crippen molar-refractivity contribution in [3.05, 3.63) is 22.6 Å². The number of aromatic nitrogens is 2. The zero-order valence-electron chi connectivity index (χ0n) is 15.1. The summed E-state index contributed by atoms with van der Waals surface area (Å²) in [6, 6.07) is 1.07. The molecule has 154 valence electrons. The van der Waals surface area contributed by atoms with Gasteiger partial charge in [0.1, 0.15) is 12.7 Å². The third-order valence-corrected chi connectivity index (χ3v) is 4.07. The molecule has 9 nitrogen and oxygen atoms in total. The van der Waals surface area contributed by atoms with Gasteiger partial charge in [-0.2, -0.15) is 18.2 Å². The molecule has 0 N–H and O–H groups in total. The van der Waals surface area contributed by atoms with Crippen LogP contribution in [0.25, 0.3) is 0 Å². The van der Waals surface area contributed by atoms with Crippen LogP contribution >= 0.6 is 0 Å². The molecule has 3 heterocycles. The van der Waals surface area contributed by atoms with Gasteiger partial charge in [-0.1, -0.05) is 0 Å². The Morgan fingerprint density at radius 1 is 1.25 bits per heavy atom. The quantitative estimate of drug-likeness (QED) is 0.684. The smallest absolute Gasteiger partial charge is 0.456 e. The van der Waals surface area contributed by atoms with Gasteiger partial charge in [0, 0.05) is 12.3 Å². The van der Waals surface area contributed by atoms with E-state index in [0.29, 0.717) is 0 Å². The van der Waals surface area contributed by atoms with Crippen LogP contribution in [-0.2, 0) is 23.8 Å². The first-order valence-corrected chi connectivity index (χ1v) is 8.24. The van der Waals surface area contributed by atoms with Crippen molar-refractivity contribution in [2.75, 3.05) is 6.61 Å². The minimum Gasteiger partial charge on any atom is -0.456 e. The lowest BCUT2D eigenvalue weighted by atomic mass is 9.97. The Bertz CT molecular complexity index is 846. The van der Waals surface area contributed by atoms with Crippen LogP contribution in [-0.4, -0.2) is 52.6 Å². The molecule has 4 atom stereocenters. The molecule has 0 saturated carbocycles. The van der Waals surface area contributed by atoms with Crippen LogP contribution in [0.15, 0.2) is 17.1 Å². The molecule has 0 spiro atoms. The second-order valence-electron chi connectivity index (χ2n) is 7.32. The topological polar surface area (TPSA) is 106 Å². The molecule has 28 heavy (non-hydrogen) atoms. The predicted octanol–water partition coefficient (Wildman–Crippen LogP) is 0.965. The van der Waals surface area contributed by atoms with Gasteiger partial charge in [-0.15, -0.1) is 0 Å². The van der Waals surface area contributed by atoms with E-state index >= 15 is 0 Å². The Balaban J connectivity index is 1.82. The van der Waals surface area contributed by atoms with Crippen LogP contribution in [0.4, 0.5) is 13.2 Å². The van der Waals surface area contributed by atoms with E-state index in [9.17, 15) is 27.6 Å². The summed E-state index contributed by atoms with van der Waals surface area (Å²) in [5, 5.41) is 0. The number of fused-ring (bicyclic) bond motifs is 3. The maximum absolute atomic E-state index is 12.4. The second-order valence-corrected chi connectivity index (χ2v) is 7.32. The van der Waals surface area contributed by atoms with E-state index in [0.717, 1.165) is 6.07 Å². The molecular weight excluding hydrogens is 389 g/mol. The molecule has 0 amide bonds. The van der Waals surface area contributed by atoms with Crippen molar-refractivity contribution in [3.8, 4) is 6.01 Å². The lowest BCUT2D eigenvalue weighted by Crippen LogP contribution is -2.43. The molecule has 0 bridgehead atoms. The molecular formula is C16H17F3N2O7. The third kappa shape index (κ3) is 3.81. The SMILES string of the molecule is CC(C)(C)C(=O)OC1C(COC(=O)C(F)(F)F)OC2C1Oc1nc(=O)ccn12. The normalized spacial score (nSPS) is 26.2. The first kappa shape index (κ1) is 20.1. The van der Waals surface area contributed by atoms with E-state index in [1.807, 2.05) is 0 Å². The number of esters is 2. The van der Waals surface area contributed by atoms with Crippen molar-refractivity contribution in [3.63, 3.8) is 0 Å². The van der Waals surface area contributed by atoms with Crippen molar-refractivity contribution >= 4 is 11.9 Å². The van der Waals surface area contributed by atoms with Crippen molar-refractivity contribution in [1.82, 2.24) is 9.55 Å². The summed E-state index contributed by atoms with van der Waals surface area (Å²) in [4.78, 5) is 38.3. The van der Waals surface area contributed by atoms with Crippen LogP contribution in [0.5, 0.6) is 6.01 Å². The summed E-state index contributed by atoms with van der Waals surface area (Å²) in [5.74, 6) is -3.04. The standard InChI is InChI=1S/C16H17F3N2O7/c1-15(2,3)12(23)27-9-7(6-25-13(24)16(17,18)19)26-11-10(9)28-14-20-8(22)4-5-21(11)14/h4-5,7,9-11H,6H2,1-3H3. The fraction of sp³-hybridized carbons (Fsp3) is 0.625. The van der Waals surface area contributed by atoms with Gasteiger partial charge in [0.05, 0.1) is 5.41 Å². The average molecular weight is 406 g/mol. The van der Waals surface area contributed by atoms with Gasteiger partial charge in [0.15, 0.2) is 18.4 Å². The van der Waals surface area contributed by atoms with Crippen LogP contribution in [0, 0.1) is 5.41 Å². The van der Waals surface area contributed by atoms with Crippen molar-refractivity contribution in [2.45, 2.75) is 51.5 Å². The minimum absolute atomic E-state index is 0.0787. The number of alkyl halides is 3. The van der Waals surface area contributed by atoms with Gasteiger partial charge < -0.3 is 18.9 Å². The molecule has 12 heteroatoms. The highest BCUT2D eigenvalue weighted by molar-refractivity contribution is 5.76. The number of ether oxygens (including phenoxy) is 4. The molecule has 1 aromatic heterocycles. The highest BCUT2D eigenvalue weighted by Gasteiger charge is 2.55. The predicted molar refractivity (Wildman–Crippen MR) is 83.2 cm³/mol. The fourth-order valence-electron chi connectivity index (χ4n) is 2.67. The number of hydrogen-bond acceptors (Lipinski definition) is 8. The molecule has 3 rings (SSSR count). The summed E-state index contributed by atoms with van der Waals surface area (Å²) in [7, 11) is 0. The first-order valence-electron chi connectivity index (χ1n) is 8.24. The minimum atomic E-state index is -5.17. The fourth-order valence-corrected chi connectivity index (χ4v) is 2.67. The van der Waals surface area contributed by atoms with Crippen LogP contribution < -0.4 is 10.3 Å². The number of halogens is 3. The largest absolute Gasteiger partial charge is 0.490 e. The van der Waals surface area contributed by atoms with Crippen molar-refractivity contribution < 1.29 is 41.7 Å². The van der Waals surface area contributed by atoms with Crippen LogP contribution in [0.1, 0.15) is 27.0 Å². The van der Waals surface area contributed by atoms with Gasteiger partial charge in [-0.05, 0) is 20.8 Å². The number of rotatable bonds is 3. The molecule has 0 aliphatic carbocycles. The zero-order chi connectivity index (χ0) is 20.9. The Labute approximate surface area is 156 Å². The first-order chi connectivity index (χ1) is 12.9. The van der Waals surface area contributed by atoms with Gasteiger partial charge in [-0.3, -0.25) is 14.2 Å². The van der Waals surface area contributed by atoms with E-state index in [1.165, 1.54) is 10.8 Å². The molecule has 0 aromatic carbocycles. The van der Waals surface area contributed by atoms with Crippen molar-refractivity contribution in [2.24, 2.45) is 5.41 Å². The maximum atomic E-state index is 12.4. The Kier molecular flexibility index (Phi) is 4.86. The van der Waals surface area contributed by atoms with Gasteiger partial charge in [0.2, 0.25) is 0 Å². The van der Waals surface area contributed by atoms with E-state index in [-0.39, 0.29) is 6.01 Å². The second kappa shape index (κ2) is 6.76. The lowest BCUT2D eigenvalue weighted by molar-refractivity contribution is -0.204. The average Bonchev–Trinajstić information content (AvgIpc) is 3.06. The number of hydrogen-bond donors (Lipinski definition) is 0. The van der Waals surface area contributed by atoms with E-state index in [1.54, 1.807) is 20.8 Å². The monoisotopic (exact) mass is 406 g/mol. The van der Waals surface area contributed by atoms with Crippen molar-refractivity contribution in [1.29, 1.82) is 0 Å². The third-order valence-electron chi connectivity index (χ3n) is 4.07. The molecule has 2 aliphatic rings. The van der Waals surface area contributed by atoms with E-state index in [2.05, 4.69) is 9.72 Å². The molecule has 1 fully saturated rings. The van der Waals surface area contributed by atoms with Gasteiger partial charge in [-0.25, -0.2) is 4.79 Å². The molecule has 0 radical (unpaired) electrons. The van der Waals surface area contributed by atoms with Gasteiger partial charge in [0.25, 0.3) is 5.56 Å². The summed E-state index contributed by atoms with van der Waals surface area (Å²) in [5.41, 5.74) is -1.48. The van der Waals surface area contributed by atoms with Crippen LogP contribution in [0.2, 0.25) is 0 Å². The number of nitrogens with zero attached hydrogens (tertiary/aromatic N) is 2. The van der Waals surface area contributed by atoms with Gasteiger partial charge >= 0.3 is 24.1 Å². The summed E-state index contributed by atoms with van der Waals surface area (Å²) >= 11 is 0. The number of carbonyl (C=O) groups excluding carboxylic acids is 2. The van der Waals surface area contributed by atoms with E-state index in [4.69, 9.17) is 14.2 Å². The molecule has 4 unspecified atom stereocenters. The molecule has 2 aliphatic heterocycles. The molecule has 1 aromatic rings. The Hall–Kier alpha value is -2.63. The maximum Gasteiger partial charge on any atom is 0.490 e. The highest BCUT2D eigenvalue weighted by atomic mass is 19.4. The zero-order valence-corrected chi connectivity index (χ0v) is 15.1. The van der Waals surface area contributed by atoms with E-state index < -0.39 is 60.2 Å². The lowest BCUT2D eigenvalue weighted by Gasteiger charge is -2.25. The highest BCUT2D eigenvalue weighted by Crippen LogP contribution is 2.41. The number of carbonyl (C=O) groups is 2. The molecule has 1 saturated heterocycles.